The molecule has 2 aromatic carbocycles. The van der Waals surface area contributed by atoms with Crippen LogP contribution in [0.1, 0.15) is 22.3 Å². The molecule has 0 fully saturated rings. The zero-order valence-electron chi connectivity index (χ0n) is 13.2. The molecule has 2 nitrogen and oxygen atoms in total. The average molecular weight is 294 g/mol. The summed E-state index contributed by atoms with van der Waals surface area (Å²) in [5, 5.41) is 20.1. The van der Waals surface area contributed by atoms with Gasteiger partial charge in [-0.15, -0.1) is 13.2 Å². The van der Waals surface area contributed by atoms with E-state index in [1.54, 1.807) is 24.3 Å². The molecule has 0 saturated heterocycles. The Bertz CT molecular complexity index is 663. The Hall–Kier alpha value is -2.48. The van der Waals surface area contributed by atoms with Crippen molar-refractivity contribution in [1.29, 1.82) is 0 Å². The normalized spacial score (nSPS) is 10.5. The summed E-state index contributed by atoms with van der Waals surface area (Å²) in [7, 11) is 0. The van der Waals surface area contributed by atoms with Crippen LogP contribution in [0.5, 0.6) is 11.5 Å². The molecule has 0 saturated carbocycles. The van der Waals surface area contributed by atoms with Crippen molar-refractivity contribution in [2.45, 2.75) is 26.7 Å². The molecule has 0 heterocycles. The number of phenolic OH excluding ortho intramolecular Hbond substituents is 2. The predicted octanol–water partition coefficient (Wildman–Crippen LogP) is 4.84. The van der Waals surface area contributed by atoms with Crippen molar-refractivity contribution in [2.24, 2.45) is 0 Å². The summed E-state index contributed by atoms with van der Waals surface area (Å²) in [5.41, 5.74) is 5.85. The van der Waals surface area contributed by atoms with E-state index in [0.717, 1.165) is 33.4 Å². The zero-order chi connectivity index (χ0) is 16.3. The molecule has 2 aromatic rings. The highest BCUT2D eigenvalue weighted by Crippen LogP contribution is 2.35. The summed E-state index contributed by atoms with van der Waals surface area (Å²) < 4.78 is 0. The molecule has 0 aliphatic rings. The fourth-order valence-corrected chi connectivity index (χ4v) is 2.69. The second-order valence-corrected chi connectivity index (χ2v) is 5.58. The lowest BCUT2D eigenvalue weighted by Gasteiger charge is -2.15. The number of benzene rings is 2. The zero-order valence-corrected chi connectivity index (χ0v) is 13.2. The molecule has 0 aromatic heterocycles. The van der Waals surface area contributed by atoms with Gasteiger partial charge in [0.1, 0.15) is 11.5 Å². The molecule has 2 N–H and O–H groups in total. The van der Waals surface area contributed by atoms with Crippen LogP contribution in [0, 0.1) is 13.8 Å². The van der Waals surface area contributed by atoms with Crippen molar-refractivity contribution in [3.63, 3.8) is 0 Å². The van der Waals surface area contributed by atoms with Crippen LogP contribution in [-0.4, -0.2) is 10.2 Å². The SMILES string of the molecule is C=CCc1cc(-c2cc(CC=C)c(O)cc2C)c(C)cc1O. The van der Waals surface area contributed by atoms with Gasteiger partial charge in [0, 0.05) is 0 Å². The van der Waals surface area contributed by atoms with E-state index in [1.165, 1.54) is 0 Å². The second kappa shape index (κ2) is 6.52. The first kappa shape index (κ1) is 15.9. The van der Waals surface area contributed by atoms with E-state index >= 15 is 0 Å². The molecule has 0 unspecified atom stereocenters. The molecule has 0 aliphatic heterocycles. The van der Waals surface area contributed by atoms with Crippen LogP contribution in [0.25, 0.3) is 11.1 Å². The lowest BCUT2D eigenvalue weighted by Crippen LogP contribution is -1.94. The minimum absolute atomic E-state index is 0.295. The molecule has 114 valence electrons. The van der Waals surface area contributed by atoms with Crippen LogP contribution in [0.2, 0.25) is 0 Å². The standard InChI is InChI=1S/C20H22O2/c1-5-7-15-11-17(13(3)9-19(15)21)18-12-16(8-6-2)20(22)10-14(18)4/h5-6,9-12,21-22H,1-2,7-8H2,3-4H3. The molecule has 0 bridgehead atoms. The summed E-state index contributed by atoms with van der Waals surface area (Å²) in [5.74, 6) is 0.591. The van der Waals surface area contributed by atoms with Gasteiger partial charge in [-0.05, 0) is 84.3 Å². The van der Waals surface area contributed by atoms with Crippen LogP contribution in [0.4, 0.5) is 0 Å². The van der Waals surface area contributed by atoms with E-state index < -0.39 is 0 Å². The fourth-order valence-electron chi connectivity index (χ4n) is 2.69. The number of aromatic hydroxyl groups is 2. The van der Waals surface area contributed by atoms with Crippen molar-refractivity contribution in [2.75, 3.05) is 0 Å². The minimum Gasteiger partial charge on any atom is -0.508 e. The van der Waals surface area contributed by atoms with Crippen LogP contribution < -0.4 is 0 Å². The van der Waals surface area contributed by atoms with Gasteiger partial charge in [-0.25, -0.2) is 0 Å². The minimum atomic E-state index is 0.295. The Kier molecular flexibility index (Phi) is 4.71. The third-order valence-corrected chi connectivity index (χ3v) is 3.87. The van der Waals surface area contributed by atoms with E-state index in [0.29, 0.717) is 24.3 Å². The highest BCUT2D eigenvalue weighted by Gasteiger charge is 2.12. The van der Waals surface area contributed by atoms with Crippen molar-refractivity contribution in [3.8, 4) is 22.6 Å². The molecule has 2 rings (SSSR count). The molecule has 0 atom stereocenters. The molecule has 0 spiro atoms. The van der Waals surface area contributed by atoms with E-state index in [2.05, 4.69) is 13.2 Å². The number of allylic oxidation sites excluding steroid dienone is 2. The van der Waals surface area contributed by atoms with Crippen LogP contribution in [-0.2, 0) is 12.8 Å². The molecular formula is C20H22O2. The summed E-state index contributed by atoms with van der Waals surface area (Å²) in [6.07, 6.45) is 4.80. The summed E-state index contributed by atoms with van der Waals surface area (Å²) in [6, 6.07) is 7.58. The van der Waals surface area contributed by atoms with Crippen molar-refractivity contribution >= 4 is 0 Å². The average Bonchev–Trinajstić information content (AvgIpc) is 2.45. The molecule has 22 heavy (non-hydrogen) atoms. The molecule has 0 radical (unpaired) electrons. The Morgan fingerprint density at radius 1 is 0.773 bits per heavy atom. The monoisotopic (exact) mass is 294 g/mol. The van der Waals surface area contributed by atoms with Crippen LogP contribution >= 0.6 is 0 Å². The van der Waals surface area contributed by atoms with Crippen molar-refractivity contribution in [1.82, 2.24) is 0 Å². The number of rotatable bonds is 5. The summed E-state index contributed by atoms with van der Waals surface area (Å²) in [6.45, 7) is 11.4. The number of aryl methyl sites for hydroxylation is 2. The third kappa shape index (κ3) is 3.06. The first-order chi connectivity index (χ1) is 10.5. The Balaban J connectivity index is 2.64. The Morgan fingerprint density at radius 2 is 1.14 bits per heavy atom. The maximum Gasteiger partial charge on any atom is 0.119 e. The van der Waals surface area contributed by atoms with E-state index in [1.807, 2.05) is 26.0 Å². The molecule has 2 heteroatoms. The maximum atomic E-state index is 10.0. The van der Waals surface area contributed by atoms with Crippen LogP contribution in [0.15, 0.2) is 49.6 Å². The first-order valence-corrected chi connectivity index (χ1v) is 7.35. The van der Waals surface area contributed by atoms with E-state index in [4.69, 9.17) is 0 Å². The topological polar surface area (TPSA) is 40.5 Å². The second-order valence-electron chi connectivity index (χ2n) is 5.58. The summed E-state index contributed by atoms with van der Waals surface area (Å²) >= 11 is 0. The van der Waals surface area contributed by atoms with Gasteiger partial charge in [-0.1, -0.05) is 12.2 Å². The van der Waals surface area contributed by atoms with E-state index in [-0.39, 0.29) is 0 Å². The van der Waals surface area contributed by atoms with Gasteiger partial charge in [-0.3, -0.25) is 0 Å². The van der Waals surface area contributed by atoms with Gasteiger partial charge >= 0.3 is 0 Å². The lowest BCUT2D eigenvalue weighted by molar-refractivity contribution is 0.468. The quantitative estimate of drug-likeness (QED) is 0.775. The summed E-state index contributed by atoms with van der Waals surface area (Å²) in [4.78, 5) is 0. The van der Waals surface area contributed by atoms with Gasteiger partial charge in [0.15, 0.2) is 0 Å². The van der Waals surface area contributed by atoms with Crippen molar-refractivity contribution in [3.05, 3.63) is 71.8 Å². The number of hydrogen-bond donors (Lipinski definition) is 2. The third-order valence-electron chi connectivity index (χ3n) is 3.87. The van der Waals surface area contributed by atoms with Crippen molar-refractivity contribution < 1.29 is 10.2 Å². The van der Waals surface area contributed by atoms with Gasteiger partial charge in [-0.2, -0.15) is 0 Å². The highest BCUT2D eigenvalue weighted by molar-refractivity contribution is 5.74. The van der Waals surface area contributed by atoms with Gasteiger partial charge in [0.05, 0.1) is 0 Å². The van der Waals surface area contributed by atoms with E-state index in [9.17, 15) is 10.2 Å². The number of phenols is 2. The molecule has 0 aliphatic carbocycles. The Labute approximate surface area is 132 Å². The lowest BCUT2D eigenvalue weighted by atomic mass is 9.91. The smallest absolute Gasteiger partial charge is 0.119 e. The predicted molar refractivity (Wildman–Crippen MR) is 92.5 cm³/mol. The van der Waals surface area contributed by atoms with Gasteiger partial charge in [0.2, 0.25) is 0 Å². The first-order valence-electron chi connectivity index (χ1n) is 7.35. The van der Waals surface area contributed by atoms with Crippen LogP contribution in [0.3, 0.4) is 0 Å². The van der Waals surface area contributed by atoms with Gasteiger partial charge in [0.25, 0.3) is 0 Å². The fraction of sp³-hybridized carbons (Fsp3) is 0.200. The largest absolute Gasteiger partial charge is 0.508 e. The maximum absolute atomic E-state index is 10.0. The van der Waals surface area contributed by atoms with Gasteiger partial charge < -0.3 is 10.2 Å². The molecule has 0 amide bonds. The number of hydrogen-bond acceptors (Lipinski definition) is 2. The Morgan fingerprint density at radius 3 is 1.45 bits per heavy atom. The highest BCUT2D eigenvalue weighted by atomic mass is 16.3. The molecular weight excluding hydrogens is 272 g/mol.